The third kappa shape index (κ3) is 2.03. The van der Waals surface area contributed by atoms with Crippen LogP contribution in [-0.4, -0.2) is 11.6 Å². The first-order valence-corrected chi connectivity index (χ1v) is 9.62. The van der Waals surface area contributed by atoms with Crippen LogP contribution in [0.5, 0.6) is 0 Å². The van der Waals surface area contributed by atoms with Gasteiger partial charge in [0, 0.05) is 24.7 Å². The zero-order valence-corrected chi connectivity index (χ0v) is 14.9. The Balaban J connectivity index is 1.76. The van der Waals surface area contributed by atoms with E-state index in [9.17, 15) is 9.59 Å². The fourth-order valence-corrected chi connectivity index (χ4v) is 6.89. The number of ketones is 2. The van der Waals surface area contributed by atoms with E-state index in [2.05, 4.69) is 19.8 Å². The van der Waals surface area contributed by atoms with E-state index in [0.717, 1.165) is 44.9 Å². The Bertz CT molecular complexity index is 666. The molecule has 0 radical (unpaired) electrons. The van der Waals surface area contributed by atoms with Crippen LogP contribution in [0.4, 0.5) is 0 Å². The molecule has 4 rings (SSSR count). The van der Waals surface area contributed by atoms with Gasteiger partial charge in [-0.1, -0.05) is 19.4 Å². The number of hydrogen-bond acceptors (Lipinski definition) is 2. The average molecular weight is 324 g/mol. The van der Waals surface area contributed by atoms with Gasteiger partial charge in [-0.15, -0.1) is 12.3 Å². The van der Waals surface area contributed by atoms with Crippen LogP contribution in [0, 0.1) is 46.8 Å². The van der Waals surface area contributed by atoms with Crippen LogP contribution in [0.15, 0.2) is 11.6 Å². The first kappa shape index (κ1) is 16.1. The average Bonchev–Trinajstić information content (AvgIpc) is 2.85. The van der Waals surface area contributed by atoms with Crippen molar-refractivity contribution in [1.82, 2.24) is 0 Å². The highest BCUT2D eigenvalue weighted by molar-refractivity contribution is 5.92. The summed E-state index contributed by atoms with van der Waals surface area (Å²) in [6.07, 6.45) is 15.1. The molecule has 2 heteroatoms. The summed E-state index contributed by atoms with van der Waals surface area (Å²) >= 11 is 0. The highest BCUT2D eigenvalue weighted by Crippen LogP contribution is 2.65. The molecule has 6 atom stereocenters. The molecule has 0 heterocycles. The summed E-state index contributed by atoms with van der Waals surface area (Å²) in [4.78, 5) is 24.6. The maximum atomic E-state index is 12.5. The van der Waals surface area contributed by atoms with Crippen LogP contribution in [0.25, 0.3) is 0 Å². The minimum atomic E-state index is -0.0933. The Morgan fingerprint density at radius 3 is 2.62 bits per heavy atom. The fraction of sp³-hybridized carbons (Fsp3) is 0.727. The summed E-state index contributed by atoms with van der Waals surface area (Å²) in [5.41, 5.74) is 1.36. The molecular formula is C22H28O2. The molecule has 2 nitrogen and oxygen atoms in total. The number of carbonyl (C=O) groups is 2. The number of Topliss-reactive ketones (excluding diaryl/α,β-unsaturated/α-hetero) is 1. The van der Waals surface area contributed by atoms with Crippen molar-refractivity contribution in [2.24, 2.45) is 34.5 Å². The second-order valence-electron chi connectivity index (χ2n) is 9.12. The van der Waals surface area contributed by atoms with Gasteiger partial charge in [-0.05, 0) is 67.3 Å². The third-order valence-electron chi connectivity index (χ3n) is 8.19. The normalized spacial score (nSPS) is 47.3. The third-order valence-corrected chi connectivity index (χ3v) is 8.19. The number of allylic oxidation sites excluding steroid dienone is 1. The fourth-order valence-electron chi connectivity index (χ4n) is 6.89. The van der Waals surface area contributed by atoms with E-state index >= 15 is 0 Å². The highest BCUT2D eigenvalue weighted by Gasteiger charge is 2.60. The van der Waals surface area contributed by atoms with Gasteiger partial charge in [-0.3, -0.25) is 9.59 Å². The first-order valence-electron chi connectivity index (χ1n) is 9.62. The predicted octanol–water partition coefficient (Wildman–Crippen LogP) is 4.34. The molecule has 0 aromatic carbocycles. The molecule has 0 aromatic rings. The quantitative estimate of drug-likeness (QED) is 0.673. The summed E-state index contributed by atoms with van der Waals surface area (Å²) in [5.74, 6) is 5.71. The standard InChI is InChI=1S/C22H28O2/c1-4-5-14-12-16-17-6-7-20(24)22(17,3)11-9-18(16)21(2)10-8-15(23)13-19(14)21/h1,13-14,16-18H,5-12H2,2-3H3/t14-,16?,17?,18?,21+,22-/m0/s1. The summed E-state index contributed by atoms with van der Waals surface area (Å²) in [5, 5.41) is 0. The molecule has 24 heavy (non-hydrogen) atoms. The maximum Gasteiger partial charge on any atom is 0.155 e. The molecule has 4 aliphatic carbocycles. The van der Waals surface area contributed by atoms with Crippen molar-refractivity contribution >= 4 is 11.6 Å². The molecule has 0 amide bonds. The second kappa shape index (κ2) is 5.32. The van der Waals surface area contributed by atoms with Gasteiger partial charge >= 0.3 is 0 Å². The summed E-state index contributed by atoms with van der Waals surface area (Å²) in [6, 6.07) is 0. The van der Waals surface area contributed by atoms with Crippen molar-refractivity contribution < 1.29 is 9.59 Å². The Hall–Kier alpha value is -1.36. The molecule has 3 saturated carbocycles. The van der Waals surface area contributed by atoms with Gasteiger partial charge < -0.3 is 0 Å². The van der Waals surface area contributed by atoms with Gasteiger partial charge in [-0.25, -0.2) is 0 Å². The lowest BCUT2D eigenvalue weighted by molar-refractivity contribution is -0.133. The summed E-state index contributed by atoms with van der Waals surface area (Å²) in [6.45, 7) is 4.60. The smallest absolute Gasteiger partial charge is 0.155 e. The summed E-state index contributed by atoms with van der Waals surface area (Å²) < 4.78 is 0. The van der Waals surface area contributed by atoms with Crippen molar-refractivity contribution in [3.05, 3.63) is 11.6 Å². The van der Waals surface area contributed by atoms with Crippen molar-refractivity contribution in [2.75, 3.05) is 0 Å². The van der Waals surface area contributed by atoms with Gasteiger partial charge in [0.2, 0.25) is 0 Å². The van der Waals surface area contributed by atoms with E-state index in [4.69, 9.17) is 6.42 Å². The lowest BCUT2D eigenvalue weighted by Crippen LogP contribution is -2.52. The Morgan fingerprint density at radius 2 is 1.88 bits per heavy atom. The SMILES string of the molecule is C#CC[C@H]1CC2C(CC[C@]3(C)C(=O)CCC23)[C@@]2(C)CCC(=O)C=C12. The van der Waals surface area contributed by atoms with E-state index in [0.29, 0.717) is 35.9 Å². The van der Waals surface area contributed by atoms with Crippen LogP contribution >= 0.6 is 0 Å². The zero-order valence-electron chi connectivity index (χ0n) is 14.9. The Morgan fingerprint density at radius 1 is 1.12 bits per heavy atom. The van der Waals surface area contributed by atoms with E-state index in [1.54, 1.807) is 0 Å². The van der Waals surface area contributed by atoms with Crippen LogP contribution in [0.2, 0.25) is 0 Å². The minimum absolute atomic E-state index is 0.0933. The molecule has 3 unspecified atom stereocenters. The van der Waals surface area contributed by atoms with Crippen LogP contribution in [0.1, 0.15) is 65.2 Å². The lowest BCUT2D eigenvalue weighted by atomic mass is 9.45. The second-order valence-corrected chi connectivity index (χ2v) is 9.12. The van der Waals surface area contributed by atoms with Gasteiger partial charge in [-0.2, -0.15) is 0 Å². The molecule has 0 spiro atoms. The number of hydrogen-bond donors (Lipinski definition) is 0. The zero-order chi connectivity index (χ0) is 17.1. The lowest BCUT2D eigenvalue weighted by Gasteiger charge is -2.58. The first-order chi connectivity index (χ1) is 11.4. The van der Waals surface area contributed by atoms with Crippen LogP contribution < -0.4 is 0 Å². The van der Waals surface area contributed by atoms with E-state index < -0.39 is 0 Å². The van der Waals surface area contributed by atoms with Gasteiger partial charge in [0.25, 0.3) is 0 Å². The molecule has 0 bridgehead atoms. The Labute approximate surface area is 145 Å². The number of terminal acetylenes is 1. The van der Waals surface area contributed by atoms with E-state index in [1.807, 2.05) is 6.08 Å². The molecule has 0 N–H and O–H groups in total. The minimum Gasteiger partial charge on any atom is -0.299 e. The molecule has 0 saturated heterocycles. The highest BCUT2D eigenvalue weighted by atomic mass is 16.1. The summed E-state index contributed by atoms with van der Waals surface area (Å²) in [7, 11) is 0. The molecular weight excluding hydrogens is 296 g/mol. The van der Waals surface area contributed by atoms with Crippen LogP contribution in [-0.2, 0) is 9.59 Å². The van der Waals surface area contributed by atoms with E-state index in [1.165, 1.54) is 5.57 Å². The van der Waals surface area contributed by atoms with Gasteiger partial charge in [0.15, 0.2) is 5.78 Å². The predicted molar refractivity (Wildman–Crippen MR) is 94.0 cm³/mol. The van der Waals surface area contributed by atoms with Crippen molar-refractivity contribution in [3.63, 3.8) is 0 Å². The molecule has 128 valence electrons. The molecule has 3 fully saturated rings. The number of fused-ring (bicyclic) bond motifs is 5. The molecule has 0 aromatic heterocycles. The monoisotopic (exact) mass is 324 g/mol. The van der Waals surface area contributed by atoms with Crippen molar-refractivity contribution in [1.29, 1.82) is 0 Å². The molecule has 4 aliphatic rings. The van der Waals surface area contributed by atoms with Crippen molar-refractivity contribution in [2.45, 2.75) is 65.2 Å². The van der Waals surface area contributed by atoms with Gasteiger partial charge in [0.1, 0.15) is 5.78 Å². The molecule has 0 aliphatic heterocycles. The Kier molecular flexibility index (Phi) is 3.57. The topological polar surface area (TPSA) is 34.1 Å². The number of rotatable bonds is 1. The van der Waals surface area contributed by atoms with Gasteiger partial charge in [0.05, 0.1) is 0 Å². The largest absolute Gasteiger partial charge is 0.299 e. The van der Waals surface area contributed by atoms with E-state index in [-0.39, 0.29) is 16.6 Å². The van der Waals surface area contributed by atoms with Crippen molar-refractivity contribution in [3.8, 4) is 12.3 Å². The van der Waals surface area contributed by atoms with Crippen LogP contribution in [0.3, 0.4) is 0 Å². The number of carbonyl (C=O) groups excluding carboxylic acids is 2. The maximum absolute atomic E-state index is 12.5.